The second-order valence-electron chi connectivity index (χ2n) is 9.63. The second kappa shape index (κ2) is 8.83. The molecule has 5 unspecified atom stereocenters. The number of para-hydroxylation sites is 1. The summed E-state index contributed by atoms with van der Waals surface area (Å²) in [4.78, 5) is 40.3. The van der Waals surface area contributed by atoms with Crippen molar-refractivity contribution in [1.29, 1.82) is 0 Å². The molecule has 3 aliphatic heterocycles. The number of ether oxygens (including phenoxy) is 1. The first-order valence-electron chi connectivity index (χ1n) is 11.6. The molecule has 8 heteroatoms. The molecule has 32 heavy (non-hydrogen) atoms. The van der Waals surface area contributed by atoms with E-state index in [0.717, 1.165) is 0 Å². The number of nitrogens with one attached hydrogen (secondary N) is 3. The van der Waals surface area contributed by atoms with Crippen molar-refractivity contribution in [3.05, 3.63) is 29.8 Å². The van der Waals surface area contributed by atoms with Crippen LogP contribution in [-0.2, 0) is 9.59 Å². The lowest BCUT2D eigenvalue weighted by Gasteiger charge is -2.37. The number of carbonyl (C=O) groups is 3. The van der Waals surface area contributed by atoms with Crippen LogP contribution in [0.3, 0.4) is 0 Å². The molecular weight excluding hydrogens is 408 g/mol. The van der Waals surface area contributed by atoms with Gasteiger partial charge in [0, 0.05) is 43.4 Å². The third-order valence-corrected chi connectivity index (χ3v) is 7.41. The second-order valence-corrected chi connectivity index (χ2v) is 9.63. The zero-order valence-corrected chi connectivity index (χ0v) is 19.3. The lowest BCUT2D eigenvalue weighted by molar-refractivity contribution is -0.139. The molecule has 4 rings (SSSR count). The maximum Gasteiger partial charge on any atom is 0.242 e. The van der Waals surface area contributed by atoms with Crippen molar-refractivity contribution in [2.45, 2.75) is 83.1 Å². The molecule has 0 radical (unpaired) electrons. The maximum atomic E-state index is 13.0. The van der Waals surface area contributed by atoms with Gasteiger partial charge in [-0.25, -0.2) is 0 Å². The van der Waals surface area contributed by atoms with Crippen LogP contribution in [0.4, 0.5) is 0 Å². The summed E-state index contributed by atoms with van der Waals surface area (Å²) in [6.07, 6.45) is 1.52. The van der Waals surface area contributed by atoms with Gasteiger partial charge in [0.05, 0.1) is 12.0 Å². The molecule has 0 aromatic heterocycles. The van der Waals surface area contributed by atoms with Gasteiger partial charge in [-0.05, 0) is 46.2 Å². The summed E-state index contributed by atoms with van der Waals surface area (Å²) in [6, 6.07) is 7.12. The molecule has 1 aromatic rings. The highest BCUT2D eigenvalue weighted by atomic mass is 16.5. The normalized spacial score (nSPS) is 32.1. The fourth-order valence-corrected chi connectivity index (χ4v) is 5.52. The Kier molecular flexibility index (Phi) is 6.27. The number of hydrogen-bond donors (Lipinski definition) is 3. The molecule has 8 nitrogen and oxygen atoms in total. The molecular formula is C24H34N4O4. The number of hydrogen-bond acceptors (Lipinski definition) is 6. The molecule has 3 aliphatic rings. The largest absolute Gasteiger partial charge is 0.486 e. The van der Waals surface area contributed by atoms with Crippen molar-refractivity contribution in [1.82, 2.24) is 21.1 Å². The minimum absolute atomic E-state index is 0.0401. The van der Waals surface area contributed by atoms with Crippen LogP contribution < -0.4 is 20.9 Å². The molecule has 1 aromatic carbocycles. The summed E-state index contributed by atoms with van der Waals surface area (Å²) in [6.45, 7) is 8.35. The maximum absolute atomic E-state index is 13.0. The zero-order chi connectivity index (χ0) is 23.0. The van der Waals surface area contributed by atoms with Gasteiger partial charge in [0.25, 0.3) is 0 Å². The molecule has 174 valence electrons. The average molecular weight is 443 g/mol. The van der Waals surface area contributed by atoms with Crippen LogP contribution in [0.5, 0.6) is 5.75 Å². The molecule has 2 fully saturated rings. The van der Waals surface area contributed by atoms with E-state index in [4.69, 9.17) is 4.74 Å². The monoisotopic (exact) mass is 442 g/mol. The first kappa shape index (κ1) is 22.7. The van der Waals surface area contributed by atoms with E-state index in [-0.39, 0.29) is 54.5 Å². The summed E-state index contributed by atoms with van der Waals surface area (Å²) >= 11 is 0. The Balaban J connectivity index is 1.42. The van der Waals surface area contributed by atoms with E-state index in [2.05, 4.69) is 30.0 Å². The van der Waals surface area contributed by atoms with Gasteiger partial charge in [0.15, 0.2) is 5.78 Å². The Morgan fingerprint density at radius 2 is 1.84 bits per heavy atom. The highest BCUT2D eigenvalue weighted by Gasteiger charge is 2.44. The van der Waals surface area contributed by atoms with Gasteiger partial charge in [0.1, 0.15) is 17.4 Å². The number of hydrazine groups is 1. The Morgan fingerprint density at radius 3 is 2.56 bits per heavy atom. The van der Waals surface area contributed by atoms with E-state index in [1.807, 2.05) is 25.1 Å². The van der Waals surface area contributed by atoms with Crippen LogP contribution in [0.15, 0.2) is 24.3 Å². The van der Waals surface area contributed by atoms with Crippen LogP contribution in [0.1, 0.15) is 63.7 Å². The van der Waals surface area contributed by atoms with Crippen LogP contribution in [0.25, 0.3) is 0 Å². The molecule has 0 saturated carbocycles. The average Bonchev–Trinajstić information content (AvgIpc) is 3.01. The summed E-state index contributed by atoms with van der Waals surface area (Å²) in [5.74, 6) is 0.661. The van der Waals surface area contributed by atoms with E-state index in [9.17, 15) is 14.4 Å². The van der Waals surface area contributed by atoms with Crippen molar-refractivity contribution in [2.24, 2.45) is 5.92 Å². The van der Waals surface area contributed by atoms with Gasteiger partial charge in [0.2, 0.25) is 11.8 Å². The minimum Gasteiger partial charge on any atom is -0.486 e. The number of rotatable bonds is 4. The van der Waals surface area contributed by atoms with Crippen molar-refractivity contribution >= 4 is 17.6 Å². The molecule has 5 atom stereocenters. The highest BCUT2D eigenvalue weighted by molar-refractivity contribution is 6.00. The number of amides is 2. The first-order valence-corrected chi connectivity index (χ1v) is 11.6. The van der Waals surface area contributed by atoms with E-state index in [0.29, 0.717) is 30.7 Å². The first-order chi connectivity index (χ1) is 15.2. The van der Waals surface area contributed by atoms with Gasteiger partial charge in [-0.15, -0.1) is 0 Å². The molecule has 3 heterocycles. The fourth-order valence-electron chi connectivity index (χ4n) is 5.52. The van der Waals surface area contributed by atoms with E-state index >= 15 is 0 Å². The topological polar surface area (TPSA) is 99.8 Å². The van der Waals surface area contributed by atoms with Crippen LogP contribution in [0.2, 0.25) is 0 Å². The number of Topliss-reactive ketones (excluding diaryl/α,β-unsaturated/α-hetero) is 1. The Bertz CT molecular complexity index is 896. The van der Waals surface area contributed by atoms with Gasteiger partial charge in [-0.1, -0.05) is 12.1 Å². The number of fused-ring (bicyclic) bond motifs is 1. The number of benzene rings is 1. The third-order valence-electron chi connectivity index (χ3n) is 7.41. The zero-order valence-electron chi connectivity index (χ0n) is 19.3. The summed E-state index contributed by atoms with van der Waals surface area (Å²) in [7, 11) is 0. The van der Waals surface area contributed by atoms with E-state index in [1.54, 1.807) is 17.9 Å². The SMILES string of the molecule is CC1NNC(C)C1C(C)NC(=O)C(C)N1CCC2(CCC1=O)CC(=O)c1ccccc1O2. The van der Waals surface area contributed by atoms with Crippen LogP contribution >= 0.6 is 0 Å². The minimum atomic E-state index is -0.689. The predicted molar refractivity (Wildman–Crippen MR) is 120 cm³/mol. The Morgan fingerprint density at radius 1 is 1.16 bits per heavy atom. The quantitative estimate of drug-likeness (QED) is 0.658. The number of likely N-dealkylation sites (tertiary alicyclic amines) is 1. The van der Waals surface area contributed by atoms with Crippen LogP contribution in [0, 0.1) is 5.92 Å². The lowest BCUT2D eigenvalue weighted by Crippen LogP contribution is -2.53. The number of carbonyl (C=O) groups excluding carboxylic acids is 3. The van der Waals surface area contributed by atoms with Gasteiger partial charge >= 0.3 is 0 Å². The highest BCUT2D eigenvalue weighted by Crippen LogP contribution is 2.39. The summed E-state index contributed by atoms with van der Waals surface area (Å²) in [5, 5.41) is 3.11. The standard InChI is InChI=1S/C24H34N4O4/c1-14(22-15(2)26-27-16(22)3)25-23(31)17(4)28-12-11-24(10-9-21(28)30)13-19(29)18-7-5-6-8-20(18)32-24/h5-8,14-17,22,26-27H,9-13H2,1-4H3,(H,25,31). The van der Waals surface area contributed by atoms with Gasteiger partial charge in [-0.2, -0.15) is 0 Å². The van der Waals surface area contributed by atoms with E-state index in [1.165, 1.54) is 0 Å². The Labute approximate surface area is 189 Å². The van der Waals surface area contributed by atoms with Crippen molar-refractivity contribution in [3.8, 4) is 5.75 Å². The summed E-state index contributed by atoms with van der Waals surface area (Å²) < 4.78 is 6.29. The summed E-state index contributed by atoms with van der Waals surface area (Å²) in [5.41, 5.74) is 6.35. The van der Waals surface area contributed by atoms with Crippen molar-refractivity contribution in [2.75, 3.05) is 6.54 Å². The predicted octanol–water partition coefficient (Wildman–Crippen LogP) is 1.80. The molecule has 2 amide bonds. The van der Waals surface area contributed by atoms with Crippen LogP contribution in [-0.4, -0.2) is 58.8 Å². The smallest absolute Gasteiger partial charge is 0.242 e. The molecule has 0 aliphatic carbocycles. The molecule has 2 saturated heterocycles. The Hall–Kier alpha value is -2.45. The van der Waals surface area contributed by atoms with E-state index < -0.39 is 11.6 Å². The van der Waals surface area contributed by atoms with Gasteiger partial charge < -0.3 is 15.0 Å². The molecule has 1 spiro atoms. The number of ketones is 1. The molecule has 0 bridgehead atoms. The fraction of sp³-hybridized carbons (Fsp3) is 0.625. The third kappa shape index (κ3) is 4.26. The number of nitrogens with zero attached hydrogens (tertiary/aromatic N) is 1. The van der Waals surface area contributed by atoms with Crippen molar-refractivity contribution in [3.63, 3.8) is 0 Å². The molecule has 3 N–H and O–H groups in total. The van der Waals surface area contributed by atoms with Crippen molar-refractivity contribution < 1.29 is 19.1 Å². The van der Waals surface area contributed by atoms with Gasteiger partial charge in [-0.3, -0.25) is 25.2 Å². The lowest BCUT2D eigenvalue weighted by atomic mass is 9.84.